The molecule has 1 atom stereocenters. The molecule has 1 heterocycles. The number of hydrogen-bond donors (Lipinski definition) is 1. The number of amides is 1. The van der Waals surface area contributed by atoms with Crippen molar-refractivity contribution >= 4 is 28.2 Å². The van der Waals surface area contributed by atoms with E-state index in [4.69, 9.17) is 4.74 Å². The van der Waals surface area contributed by atoms with Crippen molar-refractivity contribution < 1.29 is 19.4 Å². The predicted octanol–water partition coefficient (Wildman–Crippen LogP) is 7.16. The molecule has 1 fully saturated rings. The molecule has 5 rings (SSSR count). The molecule has 1 amide bonds. The highest BCUT2D eigenvalue weighted by atomic mass is 16.5. The van der Waals surface area contributed by atoms with Gasteiger partial charge in [0.15, 0.2) is 0 Å². The third-order valence-electron chi connectivity index (χ3n) is 7.24. The quantitative estimate of drug-likeness (QED) is 0.167. The van der Waals surface area contributed by atoms with Crippen LogP contribution in [0.15, 0.2) is 96.6 Å². The Morgan fingerprint density at radius 1 is 0.872 bits per heavy atom. The van der Waals surface area contributed by atoms with Crippen LogP contribution in [0.25, 0.3) is 16.5 Å². The molecule has 5 heteroatoms. The highest BCUT2D eigenvalue weighted by molar-refractivity contribution is 6.46. The second-order valence-corrected chi connectivity index (χ2v) is 10.9. The predicted molar refractivity (Wildman–Crippen MR) is 155 cm³/mol. The minimum Gasteiger partial charge on any atom is -0.507 e. The molecule has 1 N–H and O–H groups in total. The van der Waals surface area contributed by atoms with Gasteiger partial charge in [-0.3, -0.25) is 9.59 Å². The minimum atomic E-state index is -0.725. The number of likely N-dealkylation sites (tertiary alicyclic amines) is 1. The fourth-order valence-corrected chi connectivity index (χ4v) is 5.10. The second-order valence-electron chi connectivity index (χ2n) is 10.9. The van der Waals surface area contributed by atoms with Gasteiger partial charge in [0, 0.05) is 12.1 Å². The summed E-state index contributed by atoms with van der Waals surface area (Å²) in [5.41, 5.74) is 3.34. The maximum absolute atomic E-state index is 13.5. The summed E-state index contributed by atoms with van der Waals surface area (Å²) < 4.78 is 5.55. The van der Waals surface area contributed by atoms with E-state index in [9.17, 15) is 14.7 Å². The first-order valence-electron chi connectivity index (χ1n) is 13.3. The van der Waals surface area contributed by atoms with Crippen LogP contribution in [0.1, 0.15) is 56.0 Å². The standard InChI is InChI=1S/C34H33NO4/c1-5-39-28-18-10-22(11-19-28)21-35-30(24-14-16-27(17-15-24)34(2,3)4)29(32(37)33(35)38)31(36)26-13-12-23-8-6-7-9-25(23)20-26/h6-20,30,36H,5,21H2,1-4H3/b31-29-. The molecular formula is C34H33NO4. The Morgan fingerprint density at radius 3 is 2.18 bits per heavy atom. The first-order chi connectivity index (χ1) is 18.7. The average molecular weight is 520 g/mol. The molecule has 4 aromatic carbocycles. The van der Waals surface area contributed by atoms with E-state index in [2.05, 4.69) is 20.8 Å². The van der Waals surface area contributed by atoms with Gasteiger partial charge in [-0.2, -0.15) is 0 Å². The molecule has 0 spiro atoms. The van der Waals surface area contributed by atoms with Crippen molar-refractivity contribution in [2.75, 3.05) is 6.61 Å². The number of benzene rings is 4. The lowest BCUT2D eigenvalue weighted by Crippen LogP contribution is -2.29. The SMILES string of the molecule is CCOc1ccc(CN2C(=O)C(=O)/C(=C(\O)c3ccc4ccccc4c3)C2c2ccc(C(C)(C)C)cc2)cc1. The second kappa shape index (κ2) is 10.4. The zero-order valence-electron chi connectivity index (χ0n) is 22.8. The van der Waals surface area contributed by atoms with Gasteiger partial charge in [0.2, 0.25) is 0 Å². The molecular weight excluding hydrogens is 486 g/mol. The normalized spacial score (nSPS) is 17.1. The van der Waals surface area contributed by atoms with E-state index in [1.165, 1.54) is 0 Å². The van der Waals surface area contributed by atoms with E-state index in [0.29, 0.717) is 12.2 Å². The van der Waals surface area contributed by atoms with Gasteiger partial charge in [0.25, 0.3) is 11.7 Å². The van der Waals surface area contributed by atoms with Crippen molar-refractivity contribution in [3.8, 4) is 5.75 Å². The van der Waals surface area contributed by atoms with Crippen molar-refractivity contribution in [2.45, 2.75) is 45.7 Å². The van der Waals surface area contributed by atoms with Crippen LogP contribution < -0.4 is 4.74 Å². The molecule has 0 radical (unpaired) electrons. The molecule has 1 saturated heterocycles. The Labute approximate surface area is 229 Å². The van der Waals surface area contributed by atoms with Crippen LogP contribution in [0.4, 0.5) is 0 Å². The summed E-state index contributed by atoms with van der Waals surface area (Å²) in [5, 5.41) is 13.5. The zero-order chi connectivity index (χ0) is 27.7. The average Bonchev–Trinajstić information content (AvgIpc) is 3.18. The van der Waals surface area contributed by atoms with Gasteiger partial charge >= 0.3 is 0 Å². The number of ketones is 1. The molecule has 0 saturated carbocycles. The lowest BCUT2D eigenvalue weighted by Gasteiger charge is -2.26. The van der Waals surface area contributed by atoms with E-state index in [0.717, 1.165) is 33.2 Å². The smallest absolute Gasteiger partial charge is 0.295 e. The number of carbonyl (C=O) groups excluding carboxylic acids is 2. The molecule has 5 nitrogen and oxygen atoms in total. The molecule has 39 heavy (non-hydrogen) atoms. The molecule has 0 aliphatic carbocycles. The third kappa shape index (κ3) is 5.17. The van der Waals surface area contributed by atoms with Gasteiger partial charge in [-0.05, 0) is 58.0 Å². The Kier molecular flexibility index (Phi) is 7.00. The summed E-state index contributed by atoms with van der Waals surface area (Å²) in [7, 11) is 0. The molecule has 198 valence electrons. The van der Waals surface area contributed by atoms with E-state index < -0.39 is 17.7 Å². The number of rotatable bonds is 6. The van der Waals surface area contributed by atoms with Crippen molar-refractivity contribution in [3.63, 3.8) is 0 Å². The Hall–Kier alpha value is -4.38. The summed E-state index contributed by atoms with van der Waals surface area (Å²) in [6.45, 7) is 9.12. The van der Waals surface area contributed by atoms with Crippen molar-refractivity contribution in [3.05, 3.63) is 119 Å². The molecule has 1 unspecified atom stereocenters. The van der Waals surface area contributed by atoms with Gasteiger partial charge in [-0.15, -0.1) is 0 Å². The van der Waals surface area contributed by atoms with Crippen LogP contribution in [0.5, 0.6) is 5.75 Å². The summed E-state index contributed by atoms with van der Waals surface area (Å²) in [6.07, 6.45) is 0. The maximum atomic E-state index is 13.5. The maximum Gasteiger partial charge on any atom is 0.295 e. The van der Waals surface area contributed by atoms with Gasteiger partial charge in [-0.25, -0.2) is 0 Å². The van der Waals surface area contributed by atoms with Crippen LogP contribution in [0.2, 0.25) is 0 Å². The number of ether oxygens (including phenoxy) is 1. The fourth-order valence-electron chi connectivity index (χ4n) is 5.10. The van der Waals surface area contributed by atoms with Crippen LogP contribution in [0.3, 0.4) is 0 Å². The topological polar surface area (TPSA) is 66.8 Å². The first-order valence-corrected chi connectivity index (χ1v) is 13.3. The summed E-state index contributed by atoms with van der Waals surface area (Å²) in [6, 6.07) is 28.1. The van der Waals surface area contributed by atoms with Crippen LogP contribution in [0, 0.1) is 0 Å². The molecule has 0 aromatic heterocycles. The van der Waals surface area contributed by atoms with Crippen LogP contribution >= 0.6 is 0 Å². The Morgan fingerprint density at radius 2 is 1.54 bits per heavy atom. The lowest BCUT2D eigenvalue weighted by atomic mass is 9.85. The molecule has 4 aromatic rings. The molecule has 1 aliphatic heterocycles. The number of fused-ring (bicyclic) bond motifs is 1. The van der Waals surface area contributed by atoms with Crippen LogP contribution in [-0.4, -0.2) is 28.3 Å². The summed E-state index contributed by atoms with van der Waals surface area (Å²) >= 11 is 0. The highest BCUT2D eigenvalue weighted by Gasteiger charge is 2.46. The first kappa shape index (κ1) is 26.2. The number of aliphatic hydroxyl groups excluding tert-OH is 1. The van der Waals surface area contributed by atoms with Gasteiger partial charge < -0.3 is 14.7 Å². The Bertz CT molecular complexity index is 1560. The number of Topliss-reactive ketones (excluding diaryl/α,β-unsaturated/α-hetero) is 1. The van der Waals surface area contributed by atoms with E-state index in [-0.39, 0.29) is 23.3 Å². The van der Waals surface area contributed by atoms with Gasteiger partial charge in [0.1, 0.15) is 11.5 Å². The van der Waals surface area contributed by atoms with E-state index in [1.807, 2.05) is 91.9 Å². The van der Waals surface area contributed by atoms with Gasteiger partial charge in [0.05, 0.1) is 18.2 Å². The van der Waals surface area contributed by atoms with Crippen LogP contribution in [-0.2, 0) is 21.5 Å². The molecule has 0 bridgehead atoms. The number of hydrogen-bond acceptors (Lipinski definition) is 4. The fraction of sp³-hybridized carbons (Fsp3) is 0.235. The highest BCUT2D eigenvalue weighted by Crippen LogP contribution is 2.41. The van der Waals surface area contributed by atoms with Crippen molar-refractivity contribution in [2.24, 2.45) is 0 Å². The van der Waals surface area contributed by atoms with Crippen molar-refractivity contribution in [1.82, 2.24) is 4.90 Å². The molecule has 1 aliphatic rings. The summed E-state index contributed by atoms with van der Waals surface area (Å²) in [5.74, 6) is -0.736. The number of aliphatic hydroxyl groups is 1. The Balaban J connectivity index is 1.61. The monoisotopic (exact) mass is 519 g/mol. The third-order valence-corrected chi connectivity index (χ3v) is 7.24. The van der Waals surface area contributed by atoms with Crippen molar-refractivity contribution in [1.29, 1.82) is 0 Å². The number of nitrogens with zero attached hydrogens (tertiary/aromatic N) is 1. The van der Waals surface area contributed by atoms with E-state index in [1.54, 1.807) is 11.0 Å². The van der Waals surface area contributed by atoms with E-state index >= 15 is 0 Å². The minimum absolute atomic E-state index is 0.0479. The lowest BCUT2D eigenvalue weighted by molar-refractivity contribution is -0.140. The largest absolute Gasteiger partial charge is 0.507 e. The number of carbonyl (C=O) groups is 2. The van der Waals surface area contributed by atoms with Gasteiger partial charge in [-0.1, -0.05) is 93.6 Å². The summed E-state index contributed by atoms with van der Waals surface area (Å²) in [4.78, 5) is 28.5. The zero-order valence-corrected chi connectivity index (χ0v) is 22.8.